The van der Waals surface area contributed by atoms with Crippen molar-refractivity contribution in [3.8, 4) is 0 Å². The van der Waals surface area contributed by atoms with E-state index in [2.05, 4.69) is 59.5 Å². The molecule has 184 valence electrons. The van der Waals surface area contributed by atoms with Crippen molar-refractivity contribution in [1.82, 2.24) is 4.98 Å². The molecule has 5 heteroatoms. The molecule has 0 unspecified atom stereocenters. The zero-order valence-corrected chi connectivity index (χ0v) is 22.4. The molecule has 0 spiro atoms. The summed E-state index contributed by atoms with van der Waals surface area (Å²) in [6.45, 7) is 0. The van der Waals surface area contributed by atoms with E-state index in [0.29, 0.717) is 0 Å². The number of aromatic nitrogens is 1. The second-order valence-corrected chi connectivity index (χ2v) is 8.87. The van der Waals surface area contributed by atoms with E-state index in [1.54, 1.807) is 0 Å². The smallest absolute Gasteiger partial charge is 0.657 e. The topological polar surface area (TPSA) is 33.3 Å². The van der Waals surface area contributed by atoms with E-state index in [1.807, 2.05) is 94.3 Å². The van der Waals surface area contributed by atoms with Crippen LogP contribution in [0.5, 0.6) is 0 Å². The third-order valence-corrected chi connectivity index (χ3v) is 6.59. The van der Waals surface area contributed by atoms with Gasteiger partial charge >= 0.3 is 28.4 Å². The Morgan fingerprint density at radius 3 is 1.79 bits per heavy atom. The Balaban J connectivity index is 0.000000137. The molecule has 7 aromatic rings. The second-order valence-electron chi connectivity index (χ2n) is 8.87. The Hall–Kier alpha value is -4.44. The van der Waals surface area contributed by atoms with Gasteiger partial charge in [-0.2, -0.15) is 0 Å². The summed E-state index contributed by atoms with van der Waals surface area (Å²) in [7, 11) is 0. The van der Waals surface area contributed by atoms with Gasteiger partial charge in [-0.1, -0.05) is 100 Å². The molecular weight excluding hydrogens is 651 g/mol. The third kappa shape index (κ3) is 4.22. The molecule has 38 heavy (non-hydrogen) atoms. The van der Waals surface area contributed by atoms with E-state index in [9.17, 15) is 0 Å². The van der Waals surface area contributed by atoms with Gasteiger partial charge in [0.15, 0.2) is 0 Å². The average molecular weight is 674 g/mol. The first-order chi connectivity index (χ1) is 18.3. The summed E-state index contributed by atoms with van der Waals surface area (Å²) in [4.78, 5) is 4.68. The molecule has 0 saturated carbocycles. The Morgan fingerprint density at radius 1 is 0.526 bits per heavy atom. The monoisotopic (exact) mass is 673 g/mol. The number of para-hydroxylation sites is 4. The van der Waals surface area contributed by atoms with E-state index in [4.69, 9.17) is 4.42 Å². The van der Waals surface area contributed by atoms with Gasteiger partial charge in [0.25, 0.3) is 12.4 Å². The number of rotatable bonds is 2. The summed E-state index contributed by atoms with van der Waals surface area (Å²) in [6, 6.07) is 44.2. The van der Waals surface area contributed by atoms with Crippen molar-refractivity contribution in [2.75, 3.05) is 0 Å². The molecule has 3 heterocycles. The first-order valence-electron chi connectivity index (χ1n) is 12.2. The molecule has 0 radical (unpaired) electrons. The molecule has 0 aliphatic carbocycles. The van der Waals surface area contributed by atoms with E-state index < -0.39 is 0 Å². The fourth-order valence-electron chi connectivity index (χ4n) is 4.83. The fraction of sp³-hybridized carbons (Fsp3) is 0. The Kier molecular flexibility index (Phi) is 6.38. The van der Waals surface area contributed by atoms with Crippen molar-refractivity contribution in [1.29, 1.82) is 0 Å². The van der Waals surface area contributed by atoms with Gasteiger partial charge in [0.05, 0.1) is 0 Å². The number of nitrogens with zero attached hydrogens (tertiary/aromatic N) is 3. The zero-order chi connectivity index (χ0) is 24.6. The van der Waals surface area contributed by atoms with Crippen LogP contribution in [0, 0.1) is 0 Å². The molecule has 1 aliphatic rings. The molecule has 0 bridgehead atoms. The molecule has 0 saturated heterocycles. The fourth-order valence-corrected chi connectivity index (χ4v) is 4.83. The Morgan fingerprint density at radius 2 is 1.11 bits per heavy atom. The number of benzene rings is 5. The predicted octanol–water partition coefficient (Wildman–Crippen LogP) is 8.18. The summed E-state index contributed by atoms with van der Waals surface area (Å²) >= 11 is 0. The van der Waals surface area contributed by atoms with Crippen LogP contribution in [-0.2, 0) is 22.4 Å². The van der Waals surface area contributed by atoms with Crippen molar-refractivity contribution in [3.63, 3.8) is 0 Å². The van der Waals surface area contributed by atoms with Crippen molar-refractivity contribution >= 4 is 61.1 Å². The van der Waals surface area contributed by atoms with Gasteiger partial charge < -0.3 is 9.40 Å². The first kappa shape index (κ1) is 23.9. The van der Waals surface area contributed by atoms with Crippen molar-refractivity contribution in [2.24, 2.45) is 0 Å². The largest absolute Gasteiger partial charge is 1.00 e. The summed E-state index contributed by atoms with van der Waals surface area (Å²) in [5.74, 6) is 0. The second kappa shape index (κ2) is 10.1. The van der Waals surface area contributed by atoms with Gasteiger partial charge in [-0.05, 0) is 11.5 Å². The summed E-state index contributed by atoms with van der Waals surface area (Å²) in [5.41, 5.74) is 6.12. The number of hydrogen-bond acceptors (Lipinski definition) is 1. The SMILES string of the molecule is C1=[N+](c2ccccc2)C=C[N+]=1c1ccccc1.[Au+].c1ccc2c(c1)[n-]c1ccc3c4ccccc4oc3c12. The maximum absolute atomic E-state index is 6.09. The van der Waals surface area contributed by atoms with E-state index in [-0.39, 0.29) is 22.4 Å². The van der Waals surface area contributed by atoms with Crippen LogP contribution >= 0.6 is 0 Å². The normalized spacial score (nSPS) is 12.3. The summed E-state index contributed by atoms with van der Waals surface area (Å²) in [5, 5.41) is 4.60. The molecule has 5 aromatic carbocycles. The average Bonchev–Trinajstić information content (AvgIpc) is 3.69. The van der Waals surface area contributed by atoms with E-state index in [0.717, 1.165) is 55.1 Å². The molecule has 2 aromatic heterocycles. The van der Waals surface area contributed by atoms with Crippen molar-refractivity contribution in [2.45, 2.75) is 0 Å². The number of fused-ring (bicyclic) bond motifs is 7. The van der Waals surface area contributed by atoms with Gasteiger partial charge in [0, 0.05) is 40.4 Å². The minimum Gasteiger partial charge on any atom is -0.657 e. The molecular formula is C33H22AuN3O+2. The van der Waals surface area contributed by atoms with Gasteiger partial charge in [-0.25, -0.2) is 0 Å². The van der Waals surface area contributed by atoms with Crippen LogP contribution in [-0.4, -0.2) is 15.2 Å². The number of furan rings is 1. The quantitative estimate of drug-likeness (QED) is 0.137. The Labute approximate surface area is 235 Å². The van der Waals surface area contributed by atoms with Gasteiger partial charge in [-0.3, -0.25) is 0 Å². The van der Waals surface area contributed by atoms with Crippen molar-refractivity contribution in [3.05, 3.63) is 134 Å². The molecule has 0 atom stereocenters. The van der Waals surface area contributed by atoms with E-state index >= 15 is 0 Å². The van der Waals surface area contributed by atoms with Crippen molar-refractivity contribution < 1.29 is 35.9 Å². The van der Waals surface area contributed by atoms with Crippen LogP contribution in [0.4, 0.5) is 11.4 Å². The minimum atomic E-state index is 0. The van der Waals surface area contributed by atoms with Crippen LogP contribution < -0.4 is 4.98 Å². The van der Waals surface area contributed by atoms with Gasteiger partial charge in [0.1, 0.15) is 11.2 Å². The van der Waals surface area contributed by atoms with Crippen LogP contribution in [0.15, 0.2) is 138 Å². The molecule has 8 rings (SSSR count). The van der Waals surface area contributed by atoms with Crippen LogP contribution in [0.2, 0.25) is 0 Å². The van der Waals surface area contributed by atoms with Crippen LogP contribution in [0.1, 0.15) is 0 Å². The maximum atomic E-state index is 6.09. The molecule has 0 N–H and O–H groups in total. The first-order valence-corrected chi connectivity index (χ1v) is 12.2. The van der Waals surface area contributed by atoms with Crippen LogP contribution in [0.3, 0.4) is 0 Å². The minimum absolute atomic E-state index is 0. The molecule has 0 amide bonds. The summed E-state index contributed by atoms with van der Waals surface area (Å²) < 4.78 is 10.1. The summed E-state index contributed by atoms with van der Waals surface area (Å²) in [6.07, 6.45) is 4.00. The number of hydrogen-bond donors (Lipinski definition) is 0. The standard InChI is InChI=1S/C18H10NO.C15H12N2.Au/c1-3-7-14-13(6-1)17-15(19-14)10-9-12-11-5-2-4-8-16(11)20-18(12)17;1-3-7-14(8-4-1)16-11-12-17(13-16)15-9-5-2-6-10-15;/h1-10H;1-12H;/q-1;+2;+1. The molecule has 0 fully saturated rings. The maximum Gasteiger partial charge on any atom is 1.00 e. The molecule has 1 aliphatic heterocycles. The third-order valence-electron chi connectivity index (χ3n) is 6.59. The van der Waals surface area contributed by atoms with Gasteiger partial charge in [-0.15, -0.1) is 11.0 Å². The van der Waals surface area contributed by atoms with Gasteiger partial charge in [0.2, 0.25) is 11.4 Å². The molecule has 4 nitrogen and oxygen atoms in total. The zero-order valence-electron chi connectivity index (χ0n) is 20.3. The predicted molar refractivity (Wildman–Crippen MR) is 149 cm³/mol. The Bertz CT molecular complexity index is 1960. The van der Waals surface area contributed by atoms with Crippen LogP contribution in [0.25, 0.3) is 43.7 Å². The van der Waals surface area contributed by atoms with E-state index in [1.165, 1.54) is 0 Å².